The number of fused-ring (bicyclic) bond motifs is 1. The Morgan fingerprint density at radius 3 is 2.55 bits per heavy atom. The molecule has 9 nitrogen and oxygen atoms in total. The number of halogens is 1. The third-order valence-corrected chi connectivity index (χ3v) is 5.07. The second-order valence-corrected chi connectivity index (χ2v) is 8.82. The van der Waals surface area contributed by atoms with Crippen molar-refractivity contribution in [2.24, 2.45) is 0 Å². The van der Waals surface area contributed by atoms with Gasteiger partial charge in [0, 0.05) is 38.3 Å². The van der Waals surface area contributed by atoms with Crippen molar-refractivity contribution in [3.05, 3.63) is 22.7 Å². The fourth-order valence-electron chi connectivity index (χ4n) is 3.30. The number of nitrogens with zero attached hydrogens (tertiary/aromatic N) is 4. The first kappa shape index (κ1) is 24.4. The Balaban J connectivity index is 1.84. The van der Waals surface area contributed by atoms with E-state index in [0.29, 0.717) is 72.5 Å². The Hall–Kier alpha value is -3.25. The second-order valence-electron chi connectivity index (χ2n) is 8.41. The molecule has 1 aliphatic heterocycles. The van der Waals surface area contributed by atoms with E-state index in [0.717, 1.165) is 0 Å². The van der Waals surface area contributed by atoms with E-state index in [1.807, 2.05) is 27.7 Å². The molecule has 1 amide bonds. The number of ether oxygens (including phenoxy) is 2. The predicted molar refractivity (Wildman–Crippen MR) is 128 cm³/mol. The van der Waals surface area contributed by atoms with Gasteiger partial charge in [-0.3, -0.25) is 4.79 Å². The average molecular weight is 474 g/mol. The fourth-order valence-corrected chi connectivity index (χ4v) is 3.51. The maximum atomic E-state index is 12.4. The molecule has 1 aliphatic rings. The minimum atomic E-state index is -0.528. The van der Waals surface area contributed by atoms with E-state index in [-0.39, 0.29) is 12.7 Å². The van der Waals surface area contributed by atoms with Gasteiger partial charge in [0.05, 0.1) is 16.1 Å². The van der Waals surface area contributed by atoms with E-state index in [2.05, 4.69) is 26.8 Å². The van der Waals surface area contributed by atoms with Gasteiger partial charge in [0.25, 0.3) is 6.47 Å². The predicted octanol–water partition coefficient (Wildman–Crippen LogP) is 3.30. The lowest BCUT2D eigenvalue weighted by molar-refractivity contribution is -0.127. The summed E-state index contributed by atoms with van der Waals surface area (Å²) in [5.74, 6) is 6.99. The molecular weight excluding hydrogens is 446 g/mol. The maximum Gasteiger partial charge on any atom is 0.410 e. The van der Waals surface area contributed by atoms with E-state index in [1.165, 1.54) is 0 Å². The lowest BCUT2D eigenvalue weighted by Crippen LogP contribution is -2.50. The van der Waals surface area contributed by atoms with Crippen LogP contribution >= 0.6 is 11.6 Å². The molecule has 2 heterocycles. The lowest BCUT2D eigenvalue weighted by Gasteiger charge is -2.36. The summed E-state index contributed by atoms with van der Waals surface area (Å²) in [7, 11) is 0. The van der Waals surface area contributed by atoms with Crippen LogP contribution in [0.5, 0.6) is 0 Å². The molecule has 0 radical (unpaired) electrons. The van der Waals surface area contributed by atoms with Crippen molar-refractivity contribution in [3.8, 4) is 11.8 Å². The van der Waals surface area contributed by atoms with E-state index in [1.54, 1.807) is 17.0 Å². The van der Waals surface area contributed by atoms with E-state index >= 15 is 0 Å². The largest absolute Gasteiger partial charge is 0.455 e. The first-order chi connectivity index (χ1) is 15.7. The summed E-state index contributed by atoms with van der Waals surface area (Å²) in [5, 5.41) is 3.71. The van der Waals surface area contributed by atoms with Crippen LogP contribution < -0.4 is 10.2 Å². The van der Waals surface area contributed by atoms with Crippen molar-refractivity contribution in [1.29, 1.82) is 0 Å². The maximum absolute atomic E-state index is 12.4. The summed E-state index contributed by atoms with van der Waals surface area (Å²) in [6.45, 7) is 10.8. The molecule has 1 aromatic carbocycles. The molecule has 1 N–H and O–H groups in total. The molecule has 0 aliphatic carbocycles. The SMILES string of the molecule is CCNc1nc2cc(C#CCOC=O)c(Cl)cc2nc1N1CCN(C(=O)OC(C)(C)C)CC1. The summed E-state index contributed by atoms with van der Waals surface area (Å²) in [6, 6.07) is 3.49. The Labute approximate surface area is 198 Å². The van der Waals surface area contributed by atoms with Crippen molar-refractivity contribution in [3.63, 3.8) is 0 Å². The minimum absolute atomic E-state index is 0.0135. The number of hydrogen-bond acceptors (Lipinski definition) is 8. The summed E-state index contributed by atoms with van der Waals surface area (Å²) >= 11 is 6.39. The Morgan fingerprint density at radius 2 is 1.91 bits per heavy atom. The van der Waals surface area contributed by atoms with Crippen LogP contribution in [-0.4, -0.2) is 72.4 Å². The van der Waals surface area contributed by atoms with Crippen molar-refractivity contribution >= 4 is 46.8 Å². The topological polar surface area (TPSA) is 96.9 Å². The van der Waals surface area contributed by atoms with Gasteiger partial charge in [0.15, 0.2) is 18.2 Å². The first-order valence-electron chi connectivity index (χ1n) is 10.7. The molecule has 1 saturated heterocycles. The van der Waals surface area contributed by atoms with Crippen LogP contribution in [0.25, 0.3) is 11.0 Å². The highest BCUT2D eigenvalue weighted by Crippen LogP contribution is 2.29. The standard InChI is InChI=1S/C23H28ClN5O4/c1-5-25-20-21(28-8-10-29(11-9-28)22(31)33-23(2,3)4)27-19-14-17(24)16(13-18(19)26-20)7-6-12-32-15-30/h13-15H,5,8-12H2,1-4H3,(H,25,26). The quantitative estimate of drug-likeness (QED) is 0.401. The molecule has 2 aromatic rings. The molecule has 0 bridgehead atoms. The smallest absolute Gasteiger partial charge is 0.410 e. The van der Waals surface area contributed by atoms with Gasteiger partial charge >= 0.3 is 6.09 Å². The molecule has 0 atom stereocenters. The third-order valence-electron chi connectivity index (χ3n) is 4.76. The van der Waals surface area contributed by atoms with Gasteiger partial charge in [-0.25, -0.2) is 14.8 Å². The number of carbonyl (C=O) groups excluding carboxylic acids is 2. The van der Waals surface area contributed by atoms with Crippen molar-refractivity contribution in [2.75, 3.05) is 49.5 Å². The Morgan fingerprint density at radius 1 is 1.21 bits per heavy atom. The molecular formula is C23H28ClN5O4. The number of benzene rings is 1. The molecule has 176 valence electrons. The van der Waals surface area contributed by atoms with Gasteiger partial charge in [-0.2, -0.15) is 0 Å². The zero-order valence-corrected chi connectivity index (χ0v) is 20.0. The Bertz CT molecular complexity index is 1080. The summed E-state index contributed by atoms with van der Waals surface area (Å²) < 4.78 is 10.1. The fraction of sp³-hybridized carbons (Fsp3) is 0.478. The molecule has 1 aromatic heterocycles. The highest BCUT2D eigenvalue weighted by molar-refractivity contribution is 6.32. The average Bonchev–Trinajstić information content (AvgIpc) is 2.76. The summed E-state index contributed by atoms with van der Waals surface area (Å²) in [5.41, 5.74) is 1.34. The van der Waals surface area contributed by atoms with Gasteiger partial charge in [-0.1, -0.05) is 23.4 Å². The van der Waals surface area contributed by atoms with Crippen LogP contribution in [0.2, 0.25) is 5.02 Å². The number of nitrogens with one attached hydrogen (secondary N) is 1. The second kappa shape index (κ2) is 10.6. The number of aromatic nitrogens is 2. The minimum Gasteiger partial charge on any atom is -0.455 e. The van der Waals surface area contributed by atoms with Crippen LogP contribution in [0.3, 0.4) is 0 Å². The van der Waals surface area contributed by atoms with Crippen LogP contribution in [0.15, 0.2) is 12.1 Å². The van der Waals surface area contributed by atoms with Crippen molar-refractivity contribution in [1.82, 2.24) is 14.9 Å². The normalized spacial score (nSPS) is 13.8. The molecule has 0 saturated carbocycles. The summed E-state index contributed by atoms with van der Waals surface area (Å²) in [6.07, 6.45) is -0.308. The van der Waals surface area contributed by atoms with Crippen LogP contribution in [-0.2, 0) is 14.3 Å². The number of amides is 1. The van der Waals surface area contributed by atoms with E-state index < -0.39 is 5.60 Å². The molecule has 10 heteroatoms. The van der Waals surface area contributed by atoms with Crippen LogP contribution in [0.1, 0.15) is 33.3 Å². The Kier molecular flexibility index (Phi) is 7.82. The first-order valence-corrected chi connectivity index (χ1v) is 11.1. The van der Waals surface area contributed by atoms with Crippen LogP contribution in [0, 0.1) is 11.8 Å². The van der Waals surface area contributed by atoms with Crippen molar-refractivity contribution < 1.29 is 19.1 Å². The number of carbonyl (C=O) groups is 2. The van der Waals surface area contributed by atoms with Gasteiger partial charge in [0.2, 0.25) is 0 Å². The molecule has 0 unspecified atom stereocenters. The monoisotopic (exact) mass is 473 g/mol. The number of rotatable bonds is 5. The van der Waals surface area contributed by atoms with Gasteiger partial charge in [-0.15, -0.1) is 0 Å². The highest BCUT2D eigenvalue weighted by atomic mass is 35.5. The molecule has 0 spiro atoms. The van der Waals surface area contributed by atoms with Gasteiger partial charge in [-0.05, 0) is 39.8 Å². The van der Waals surface area contributed by atoms with Gasteiger partial charge in [0.1, 0.15) is 5.60 Å². The number of anilines is 2. The zero-order chi connectivity index (χ0) is 24.0. The molecule has 1 fully saturated rings. The third kappa shape index (κ3) is 6.39. The van der Waals surface area contributed by atoms with Crippen LogP contribution in [0.4, 0.5) is 16.4 Å². The van der Waals surface area contributed by atoms with Crippen molar-refractivity contribution in [2.45, 2.75) is 33.3 Å². The highest BCUT2D eigenvalue weighted by Gasteiger charge is 2.27. The zero-order valence-electron chi connectivity index (χ0n) is 19.3. The molecule has 3 rings (SSSR count). The number of hydrogen-bond donors (Lipinski definition) is 1. The summed E-state index contributed by atoms with van der Waals surface area (Å²) in [4.78, 5) is 36.0. The van der Waals surface area contributed by atoms with Gasteiger partial charge < -0.3 is 24.6 Å². The van der Waals surface area contributed by atoms with E-state index in [4.69, 9.17) is 26.3 Å². The van der Waals surface area contributed by atoms with E-state index in [9.17, 15) is 9.59 Å². The lowest BCUT2D eigenvalue weighted by atomic mass is 10.2. The number of piperazine rings is 1. The molecule has 33 heavy (non-hydrogen) atoms.